The van der Waals surface area contributed by atoms with Crippen LogP contribution in [0.1, 0.15) is 10.4 Å². The number of nitrogens with one attached hydrogen (secondary N) is 2. The molecule has 3 aromatic heterocycles. The lowest BCUT2D eigenvalue weighted by Gasteiger charge is -2.31. The van der Waals surface area contributed by atoms with Crippen LogP contribution in [0.25, 0.3) is 20.4 Å². The van der Waals surface area contributed by atoms with E-state index >= 15 is 0 Å². The van der Waals surface area contributed by atoms with Gasteiger partial charge in [-0.15, -0.1) is 11.3 Å². The molecule has 0 spiro atoms. The van der Waals surface area contributed by atoms with Gasteiger partial charge in [-0.1, -0.05) is 11.3 Å². The highest BCUT2D eigenvalue weighted by Crippen LogP contribution is 2.38. The van der Waals surface area contributed by atoms with Gasteiger partial charge in [-0.05, 0) is 30.2 Å². The first kappa shape index (κ1) is 20.3. The molecule has 0 aliphatic carbocycles. The van der Waals surface area contributed by atoms with E-state index in [0.29, 0.717) is 0 Å². The maximum Gasteiger partial charge on any atom is 0.305 e. The molecule has 0 amide bonds. The smallest absolute Gasteiger partial charge is 0.305 e. The van der Waals surface area contributed by atoms with Gasteiger partial charge in [0.2, 0.25) is 0 Å². The quantitative estimate of drug-likeness (QED) is 0.466. The third kappa shape index (κ3) is 3.93. The summed E-state index contributed by atoms with van der Waals surface area (Å²) in [6.07, 6.45) is 2.65. The maximum absolute atomic E-state index is 11.6. The summed E-state index contributed by atoms with van der Waals surface area (Å²) in [6, 6.07) is 5.91. The summed E-state index contributed by atoms with van der Waals surface area (Å²) >= 11 is 3.01. The van der Waals surface area contributed by atoms with Gasteiger partial charge in [0.25, 0.3) is 0 Å². The van der Waals surface area contributed by atoms with Gasteiger partial charge in [0.1, 0.15) is 17.0 Å². The zero-order chi connectivity index (χ0) is 21.5. The van der Waals surface area contributed by atoms with Gasteiger partial charge in [-0.2, -0.15) is 0 Å². The predicted octanol–water partition coefficient (Wildman–Crippen LogP) is 3.03. The lowest BCUT2D eigenvalue weighted by atomic mass is 10.0. The number of morpholine rings is 1. The number of H-pyrrole nitrogens is 1. The molecule has 0 saturated carbocycles. The molecule has 0 bridgehead atoms. The molecule has 2 N–H and O–H groups in total. The Balaban J connectivity index is 1.23. The third-order valence-electron chi connectivity index (χ3n) is 6.24. The Hall–Kier alpha value is -2.37. The lowest BCUT2D eigenvalue weighted by molar-refractivity contribution is 0.0327. The minimum absolute atomic E-state index is 0.0355. The van der Waals surface area contributed by atoms with Gasteiger partial charge >= 0.3 is 4.87 Å². The fourth-order valence-corrected chi connectivity index (χ4v) is 6.54. The SMILES string of the molecule is O=c1[nH]c2ccc(Nc3ncnc4sc5c(c34)CCN(CCN3CCOCC3)C5)cc2s1. The Bertz CT molecular complexity index is 1320. The van der Waals surface area contributed by atoms with Crippen LogP contribution in [0.3, 0.4) is 0 Å². The van der Waals surface area contributed by atoms with Crippen LogP contribution in [-0.4, -0.2) is 70.7 Å². The van der Waals surface area contributed by atoms with E-state index in [-0.39, 0.29) is 4.87 Å². The average Bonchev–Trinajstić information content (AvgIpc) is 3.37. The number of anilines is 2. The summed E-state index contributed by atoms with van der Waals surface area (Å²) in [5.74, 6) is 0.844. The molecule has 8 nitrogen and oxygen atoms in total. The number of rotatable bonds is 5. The normalized spacial score (nSPS) is 17.8. The minimum atomic E-state index is -0.0355. The van der Waals surface area contributed by atoms with Crippen molar-refractivity contribution in [1.29, 1.82) is 0 Å². The molecule has 1 saturated heterocycles. The molecule has 5 heterocycles. The molecule has 0 unspecified atom stereocenters. The standard InChI is InChI=1S/C22H24N6O2S2/c29-22-26-16-2-1-14(11-17(16)32-22)25-20-19-15-3-4-28(6-5-27-7-9-30-10-8-27)12-18(15)31-21(19)24-13-23-20/h1-2,11,13H,3-10,12H2,(H,26,29)(H,23,24,25). The van der Waals surface area contributed by atoms with Crippen molar-refractivity contribution in [2.24, 2.45) is 0 Å². The Kier molecular flexibility index (Phi) is 5.40. The van der Waals surface area contributed by atoms with Crippen molar-refractivity contribution in [3.05, 3.63) is 44.6 Å². The number of benzene rings is 1. The average molecular weight is 469 g/mol. The molecule has 32 heavy (non-hydrogen) atoms. The van der Waals surface area contributed by atoms with Crippen molar-refractivity contribution in [2.75, 3.05) is 51.3 Å². The van der Waals surface area contributed by atoms with E-state index in [1.54, 1.807) is 17.7 Å². The van der Waals surface area contributed by atoms with Crippen LogP contribution in [0.15, 0.2) is 29.3 Å². The Labute approximate surface area is 192 Å². The summed E-state index contributed by atoms with van der Waals surface area (Å²) in [5.41, 5.74) is 3.17. The van der Waals surface area contributed by atoms with Crippen molar-refractivity contribution in [3.8, 4) is 0 Å². The fourth-order valence-electron chi connectivity index (χ4n) is 4.53. The van der Waals surface area contributed by atoms with E-state index in [2.05, 4.69) is 30.1 Å². The summed E-state index contributed by atoms with van der Waals surface area (Å²) in [6.45, 7) is 8.00. The van der Waals surface area contributed by atoms with E-state index in [4.69, 9.17) is 4.74 Å². The number of ether oxygens (including phenoxy) is 1. The van der Waals surface area contributed by atoms with Crippen LogP contribution in [0.4, 0.5) is 11.5 Å². The second kappa shape index (κ2) is 8.53. The van der Waals surface area contributed by atoms with E-state index in [1.165, 1.54) is 21.8 Å². The first-order valence-corrected chi connectivity index (χ1v) is 12.5. The number of aromatic nitrogens is 3. The van der Waals surface area contributed by atoms with E-state index < -0.39 is 0 Å². The molecule has 2 aliphatic rings. The molecule has 1 aromatic carbocycles. The van der Waals surface area contributed by atoms with Crippen LogP contribution in [-0.2, 0) is 17.7 Å². The Morgan fingerprint density at radius 2 is 1.97 bits per heavy atom. The maximum atomic E-state index is 11.6. The fraction of sp³-hybridized carbons (Fsp3) is 0.409. The van der Waals surface area contributed by atoms with E-state index in [0.717, 1.165) is 90.8 Å². The molecule has 10 heteroatoms. The minimum Gasteiger partial charge on any atom is -0.379 e. The number of aromatic amines is 1. The number of fused-ring (bicyclic) bond motifs is 4. The zero-order valence-electron chi connectivity index (χ0n) is 17.6. The highest BCUT2D eigenvalue weighted by molar-refractivity contribution is 7.19. The van der Waals surface area contributed by atoms with Crippen LogP contribution in [0.2, 0.25) is 0 Å². The molecule has 0 radical (unpaired) electrons. The number of thiophene rings is 1. The van der Waals surface area contributed by atoms with Gasteiger partial charge in [0, 0.05) is 49.8 Å². The monoisotopic (exact) mass is 468 g/mol. The van der Waals surface area contributed by atoms with Crippen molar-refractivity contribution in [2.45, 2.75) is 13.0 Å². The van der Waals surface area contributed by atoms with Crippen LogP contribution in [0, 0.1) is 0 Å². The Morgan fingerprint density at radius 1 is 1.09 bits per heavy atom. The predicted molar refractivity (Wildman–Crippen MR) is 129 cm³/mol. The molecule has 1 fully saturated rings. The highest BCUT2D eigenvalue weighted by atomic mass is 32.1. The Morgan fingerprint density at radius 3 is 2.88 bits per heavy atom. The van der Waals surface area contributed by atoms with Gasteiger partial charge in [-0.3, -0.25) is 14.6 Å². The van der Waals surface area contributed by atoms with Crippen LogP contribution in [0.5, 0.6) is 0 Å². The van der Waals surface area contributed by atoms with Crippen molar-refractivity contribution in [1.82, 2.24) is 24.8 Å². The first-order chi connectivity index (χ1) is 15.7. The van der Waals surface area contributed by atoms with Gasteiger partial charge < -0.3 is 15.0 Å². The number of hydrogen-bond acceptors (Lipinski definition) is 9. The van der Waals surface area contributed by atoms with E-state index in [1.807, 2.05) is 18.2 Å². The van der Waals surface area contributed by atoms with Gasteiger partial charge in [0.15, 0.2) is 0 Å². The van der Waals surface area contributed by atoms with Gasteiger partial charge in [-0.25, -0.2) is 9.97 Å². The topological polar surface area (TPSA) is 86.4 Å². The molecule has 6 rings (SSSR count). The lowest BCUT2D eigenvalue weighted by Crippen LogP contribution is -2.42. The molecular formula is C22H24N6O2S2. The molecular weight excluding hydrogens is 444 g/mol. The zero-order valence-corrected chi connectivity index (χ0v) is 19.2. The van der Waals surface area contributed by atoms with Crippen molar-refractivity contribution in [3.63, 3.8) is 0 Å². The first-order valence-electron chi connectivity index (χ1n) is 10.9. The summed E-state index contributed by atoms with van der Waals surface area (Å²) in [7, 11) is 0. The van der Waals surface area contributed by atoms with Gasteiger partial charge in [0.05, 0.1) is 28.8 Å². The second-order valence-corrected chi connectivity index (χ2v) is 10.3. The largest absolute Gasteiger partial charge is 0.379 e. The molecule has 4 aromatic rings. The number of hydrogen-bond donors (Lipinski definition) is 2. The van der Waals surface area contributed by atoms with Crippen molar-refractivity contribution >= 4 is 54.6 Å². The van der Waals surface area contributed by atoms with Crippen LogP contribution < -0.4 is 10.2 Å². The highest BCUT2D eigenvalue weighted by Gasteiger charge is 2.24. The second-order valence-electron chi connectivity index (χ2n) is 8.24. The summed E-state index contributed by atoms with van der Waals surface area (Å²) < 4.78 is 6.40. The number of nitrogens with zero attached hydrogens (tertiary/aromatic N) is 4. The third-order valence-corrected chi connectivity index (χ3v) is 8.21. The van der Waals surface area contributed by atoms with Crippen molar-refractivity contribution < 1.29 is 4.74 Å². The molecule has 166 valence electrons. The molecule has 0 atom stereocenters. The summed E-state index contributed by atoms with van der Waals surface area (Å²) in [4.78, 5) is 31.1. The summed E-state index contributed by atoms with van der Waals surface area (Å²) in [5, 5.41) is 4.62. The van der Waals surface area contributed by atoms with E-state index in [9.17, 15) is 4.79 Å². The number of thiazole rings is 1. The van der Waals surface area contributed by atoms with Crippen LogP contribution >= 0.6 is 22.7 Å². The molecule has 2 aliphatic heterocycles.